The van der Waals surface area contributed by atoms with Crippen LogP contribution >= 0.6 is 15.9 Å². The Morgan fingerprint density at radius 1 is 1.43 bits per heavy atom. The number of hydrogen-bond acceptors (Lipinski definition) is 4. The zero-order valence-electron chi connectivity index (χ0n) is 12.0. The number of sulfonamides is 1. The van der Waals surface area contributed by atoms with Crippen LogP contribution in [0.3, 0.4) is 0 Å². The number of rotatable bonds is 8. The van der Waals surface area contributed by atoms with Crippen LogP contribution in [-0.4, -0.2) is 28.2 Å². The van der Waals surface area contributed by atoms with E-state index < -0.39 is 15.8 Å². The zero-order valence-corrected chi connectivity index (χ0v) is 14.4. The maximum Gasteiger partial charge on any atom is 0.242 e. The molecule has 0 amide bonds. The summed E-state index contributed by atoms with van der Waals surface area (Å²) in [6, 6.07) is 2.13. The van der Waals surface area contributed by atoms with Crippen LogP contribution in [-0.2, 0) is 14.8 Å². The average Bonchev–Trinajstić information content (AvgIpc) is 2.37. The molecule has 21 heavy (non-hydrogen) atoms. The predicted molar refractivity (Wildman–Crippen MR) is 84.0 cm³/mol. The van der Waals surface area contributed by atoms with Crippen LogP contribution < -0.4 is 10.5 Å². The third-order valence-corrected chi connectivity index (χ3v) is 4.68. The van der Waals surface area contributed by atoms with E-state index in [1.54, 1.807) is 0 Å². The molecule has 0 fully saturated rings. The van der Waals surface area contributed by atoms with Gasteiger partial charge in [0.1, 0.15) is 10.7 Å². The van der Waals surface area contributed by atoms with E-state index in [4.69, 9.17) is 10.5 Å². The summed E-state index contributed by atoms with van der Waals surface area (Å²) in [5.41, 5.74) is 5.43. The average molecular weight is 383 g/mol. The fourth-order valence-corrected chi connectivity index (χ4v) is 3.26. The highest BCUT2D eigenvalue weighted by Crippen LogP contribution is 2.25. The normalized spacial score (nSPS) is 12.0. The molecule has 0 saturated heterocycles. The van der Waals surface area contributed by atoms with Crippen LogP contribution in [0.25, 0.3) is 0 Å². The highest BCUT2D eigenvalue weighted by atomic mass is 79.9. The second-order valence-electron chi connectivity index (χ2n) is 5.02. The van der Waals surface area contributed by atoms with Crippen LogP contribution in [0.2, 0.25) is 0 Å². The van der Waals surface area contributed by atoms with E-state index in [0.29, 0.717) is 25.6 Å². The van der Waals surface area contributed by atoms with Crippen LogP contribution in [0.5, 0.6) is 0 Å². The number of nitrogen functional groups attached to an aromatic ring is 1. The summed E-state index contributed by atoms with van der Waals surface area (Å²) in [6.45, 7) is 5.43. The summed E-state index contributed by atoms with van der Waals surface area (Å²) in [5, 5.41) is 0. The Labute approximate surface area is 133 Å². The van der Waals surface area contributed by atoms with E-state index in [0.717, 1.165) is 12.1 Å². The summed E-state index contributed by atoms with van der Waals surface area (Å²) in [5.74, 6) is -0.161. The molecule has 0 aliphatic rings. The molecule has 5 nitrogen and oxygen atoms in total. The molecule has 1 rings (SSSR count). The van der Waals surface area contributed by atoms with Crippen LogP contribution in [0.4, 0.5) is 10.1 Å². The zero-order chi connectivity index (χ0) is 16.0. The molecule has 3 N–H and O–H groups in total. The van der Waals surface area contributed by atoms with E-state index >= 15 is 0 Å². The van der Waals surface area contributed by atoms with Crippen molar-refractivity contribution in [3.63, 3.8) is 0 Å². The summed E-state index contributed by atoms with van der Waals surface area (Å²) < 4.78 is 45.2. The number of anilines is 1. The lowest BCUT2D eigenvalue weighted by atomic mass is 10.2. The van der Waals surface area contributed by atoms with Gasteiger partial charge in [0.15, 0.2) is 0 Å². The smallest absolute Gasteiger partial charge is 0.242 e. The first-order valence-corrected chi connectivity index (χ1v) is 8.83. The molecule has 0 aromatic heterocycles. The Morgan fingerprint density at radius 2 is 2.10 bits per heavy atom. The highest BCUT2D eigenvalue weighted by Gasteiger charge is 2.19. The number of nitrogens with two attached hydrogens (primary N) is 1. The fourth-order valence-electron chi connectivity index (χ4n) is 1.55. The third-order valence-electron chi connectivity index (χ3n) is 2.55. The van der Waals surface area contributed by atoms with E-state index in [1.807, 2.05) is 13.8 Å². The first kappa shape index (κ1) is 18.3. The number of hydrogen-bond donors (Lipinski definition) is 2. The Hall–Kier alpha value is -0.700. The molecular formula is C13H20BrFN2O3S. The number of nitrogens with one attached hydrogen (secondary N) is 1. The summed E-state index contributed by atoms with van der Waals surface area (Å²) in [7, 11) is -3.76. The molecule has 0 saturated carbocycles. The summed E-state index contributed by atoms with van der Waals surface area (Å²) in [6.07, 6.45) is 0.550. The molecule has 0 unspecified atom stereocenters. The number of benzene rings is 1. The Bertz CT molecular complexity index is 579. The van der Waals surface area contributed by atoms with Gasteiger partial charge in [-0.15, -0.1) is 0 Å². The van der Waals surface area contributed by atoms with Crippen molar-refractivity contribution in [2.24, 2.45) is 5.92 Å². The molecule has 0 heterocycles. The van der Waals surface area contributed by atoms with Gasteiger partial charge >= 0.3 is 0 Å². The lowest BCUT2D eigenvalue weighted by Gasteiger charge is -2.10. The quantitative estimate of drug-likeness (QED) is 0.534. The van der Waals surface area contributed by atoms with Gasteiger partial charge in [-0.05, 0) is 40.4 Å². The molecule has 1 aromatic carbocycles. The molecular weight excluding hydrogens is 363 g/mol. The third kappa shape index (κ3) is 5.90. The van der Waals surface area contributed by atoms with Gasteiger partial charge in [-0.2, -0.15) is 0 Å². The van der Waals surface area contributed by atoms with Gasteiger partial charge in [-0.1, -0.05) is 13.8 Å². The van der Waals surface area contributed by atoms with Crippen molar-refractivity contribution in [2.75, 3.05) is 25.5 Å². The fraction of sp³-hybridized carbons (Fsp3) is 0.538. The molecule has 0 radical (unpaired) electrons. The van der Waals surface area contributed by atoms with E-state index in [2.05, 4.69) is 20.7 Å². The highest BCUT2D eigenvalue weighted by molar-refractivity contribution is 9.10. The molecule has 0 atom stereocenters. The van der Waals surface area contributed by atoms with Gasteiger partial charge in [0.05, 0.1) is 10.2 Å². The number of halogens is 2. The van der Waals surface area contributed by atoms with Crippen molar-refractivity contribution in [3.8, 4) is 0 Å². The molecule has 1 aromatic rings. The van der Waals surface area contributed by atoms with Gasteiger partial charge in [0.25, 0.3) is 0 Å². The summed E-state index contributed by atoms with van der Waals surface area (Å²) in [4.78, 5) is -0.140. The van der Waals surface area contributed by atoms with Gasteiger partial charge in [0.2, 0.25) is 10.0 Å². The van der Waals surface area contributed by atoms with E-state index in [1.165, 1.54) is 0 Å². The van der Waals surface area contributed by atoms with Gasteiger partial charge in [0, 0.05) is 19.8 Å². The predicted octanol–water partition coefficient (Wildman–Crippen LogP) is 2.51. The molecule has 0 bridgehead atoms. The first-order chi connectivity index (χ1) is 9.74. The Morgan fingerprint density at radius 3 is 2.71 bits per heavy atom. The largest absolute Gasteiger partial charge is 0.398 e. The lowest BCUT2D eigenvalue weighted by Crippen LogP contribution is -2.26. The monoisotopic (exact) mass is 382 g/mol. The van der Waals surface area contributed by atoms with Gasteiger partial charge in [-0.3, -0.25) is 0 Å². The standard InChI is InChI=1S/C13H20BrFN2O3S/c1-9(2)8-20-5-3-4-17-21(18,19)13-6-10(14)11(15)7-12(13)16/h6-7,9,17H,3-5,8,16H2,1-2H3. The van der Waals surface area contributed by atoms with E-state index in [-0.39, 0.29) is 21.6 Å². The van der Waals surface area contributed by atoms with Crippen LogP contribution in [0.15, 0.2) is 21.5 Å². The van der Waals surface area contributed by atoms with E-state index in [9.17, 15) is 12.8 Å². The van der Waals surface area contributed by atoms with Crippen LogP contribution in [0, 0.1) is 11.7 Å². The molecule has 0 aliphatic heterocycles. The van der Waals surface area contributed by atoms with Crippen molar-refractivity contribution in [3.05, 3.63) is 22.4 Å². The topological polar surface area (TPSA) is 81.4 Å². The van der Waals surface area contributed by atoms with Crippen molar-refractivity contribution < 1.29 is 17.5 Å². The number of ether oxygens (including phenoxy) is 1. The molecule has 120 valence electrons. The lowest BCUT2D eigenvalue weighted by molar-refractivity contribution is 0.108. The maximum atomic E-state index is 13.2. The summed E-state index contributed by atoms with van der Waals surface area (Å²) >= 11 is 2.95. The molecule has 0 aliphatic carbocycles. The molecule has 0 spiro atoms. The second-order valence-corrected chi connectivity index (χ2v) is 7.61. The Balaban J connectivity index is 2.56. The van der Waals surface area contributed by atoms with Gasteiger partial charge < -0.3 is 10.5 Å². The Kier molecular flexibility index (Phi) is 7.05. The second kappa shape index (κ2) is 8.07. The SMILES string of the molecule is CC(C)COCCCNS(=O)(=O)c1cc(Br)c(F)cc1N. The van der Waals surface area contributed by atoms with Crippen molar-refractivity contribution in [1.29, 1.82) is 0 Å². The minimum Gasteiger partial charge on any atom is -0.398 e. The molecule has 8 heteroatoms. The van der Waals surface area contributed by atoms with Crippen molar-refractivity contribution in [1.82, 2.24) is 4.72 Å². The van der Waals surface area contributed by atoms with Crippen molar-refractivity contribution >= 4 is 31.6 Å². The first-order valence-electron chi connectivity index (χ1n) is 6.56. The van der Waals surface area contributed by atoms with Crippen molar-refractivity contribution in [2.45, 2.75) is 25.2 Å². The maximum absolute atomic E-state index is 13.2. The minimum absolute atomic E-state index is 0.0531. The van der Waals surface area contributed by atoms with Gasteiger partial charge in [-0.25, -0.2) is 17.5 Å². The van der Waals surface area contributed by atoms with Crippen LogP contribution in [0.1, 0.15) is 20.3 Å². The minimum atomic E-state index is -3.76.